The zero-order valence-corrected chi connectivity index (χ0v) is 15.4. The molecule has 2 atom stereocenters. The van der Waals surface area contributed by atoms with Crippen LogP contribution in [-0.4, -0.2) is 35.5 Å². The van der Waals surface area contributed by atoms with Gasteiger partial charge in [-0.2, -0.15) is 0 Å². The zero-order valence-electron chi connectivity index (χ0n) is 14.5. The molecule has 0 radical (unpaired) electrons. The van der Waals surface area contributed by atoms with Crippen molar-refractivity contribution < 1.29 is 37.3 Å². The number of aliphatic hydroxyl groups is 2. The zero-order chi connectivity index (χ0) is 20.6. The molecule has 2 aromatic rings. The normalized spacial score (nSPS) is 19.0. The van der Waals surface area contributed by atoms with E-state index in [1.807, 2.05) is 0 Å². The van der Waals surface area contributed by atoms with Crippen LogP contribution in [0.4, 0.5) is 8.78 Å². The molecule has 3 rings (SSSR count). The van der Waals surface area contributed by atoms with Gasteiger partial charge in [0.2, 0.25) is 0 Å². The molecular formula is C19H18F2O6S. The van der Waals surface area contributed by atoms with Crippen LogP contribution in [0.5, 0.6) is 0 Å². The van der Waals surface area contributed by atoms with Crippen molar-refractivity contribution in [1.29, 1.82) is 0 Å². The quantitative estimate of drug-likeness (QED) is 0.602. The van der Waals surface area contributed by atoms with Gasteiger partial charge < -0.3 is 15.3 Å². The number of hydrogen-bond acceptors (Lipinski definition) is 5. The molecule has 1 fully saturated rings. The molecule has 0 bridgehead atoms. The molecule has 0 heterocycles. The second-order valence-electron chi connectivity index (χ2n) is 6.92. The van der Waals surface area contributed by atoms with Crippen LogP contribution in [0.15, 0.2) is 41.3 Å². The van der Waals surface area contributed by atoms with E-state index in [9.17, 15) is 32.2 Å². The number of aliphatic hydroxyl groups excluding tert-OH is 1. The minimum atomic E-state index is -4.05. The van der Waals surface area contributed by atoms with Crippen LogP contribution in [0.25, 0.3) is 0 Å². The van der Waals surface area contributed by atoms with E-state index in [0.717, 1.165) is 24.3 Å². The number of carboxylic acid groups (broad SMARTS) is 1. The van der Waals surface area contributed by atoms with Gasteiger partial charge >= 0.3 is 5.97 Å². The number of rotatable bonds is 7. The number of carbonyl (C=O) groups is 1. The molecular weight excluding hydrogens is 394 g/mol. The molecule has 0 amide bonds. The third kappa shape index (κ3) is 4.37. The largest absolute Gasteiger partial charge is 0.478 e. The van der Waals surface area contributed by atoms with Crippen LogP contribution in [0, 0.1) is 23.5 Å². The highest BCUT2D eigenvalue weighted by Gasteiger charge is 2.41. The van der Waals surface area contributed by atoms with E-state index in [-0.39, 0.29) is 40.7 Å². The average Bonchev–Trinajstić information content (AvgIpc) is 3.33. The molecule has 9 heteroatoms. The molecule has 28 heavy (non-hydrogen) atoms. The maximum absolute atomic E-state index is 13.9. The number of sulfone groups is 1. The van der Waals surface area contributed by atoms with Crippen molar-refractivity contribution in [1.82, 2.24) is 0 Å². The summed E-state index contributed by atoms with van der Waals surface area (Å²) in [6.07, 6.45) is -1.03. The molecule has 6 nitrogen and oxygen atoms in total. The van der Waals surface area contributed by atoms with Gasteiger partial charge in [-0.25, -0.2) is 22.0 Å². The van der Waals surface area contributed by atoms with E-state index in [0.29, 0.717) is 6.42 Å². The van der Waals surface area contributed by atoms with Crippen LogP contribution >= 0.6 is 0 Å². The lowest BCUT2D eigenvalue weighted by Crippen LogP contribution is -2.13. The second kappa shape index (κ2) is 7.57. The maximum atomic E-state index is 13.9. The van der Waals surface area contributed by atoms with Crippen LogP contribution in [0.3, 0.4) is 0 Å². The maximum Gasteiger partial charge on any atom is 0.335 e. The number of hydrogen-bond donors (Lipinski definition) is 3. The van der Waals surface area contributed by atoms with Crippen molar-refractivity contribution in [3.8, 4) is 0 Å². The molecule has 0 aliphatic heterocycles. The van der Waals surface area contributed by atoms with Crippen LogP contribution in [0.1, 0.15) is 34.2 Å². The fraction of sp³-hybridized carbons (Fsp3) is 0.316. The molecule has 150 valence electrons. The van der Waals surface area contributed by atoms with Gasteiger partial charge in [-0.15, -0.1) is 0 Å². The summed E-state index contributed by atoms with van der Waals surface area (Å²) >= 11 is 0. The number of aromatic carboxylic acids is 1. The summed E-state index contributed by atoms with van der Waals surface area (Å²) in [4.78, 5) is 10.3. The molecule has 0 saturated heterocycles. The molecule has 0 spiro atoms. The summed E-state index contributed by atoms with van der Waals surface area (Å²) in [5, 5.41) is 27.3. The number of carboxylic acids is 1. The Hall–Kier alpha value is -2.36. The molecule has 1 saturated carbocycles. The van der Waals surface area contributed by atoms with Crippen molar-refractivity contribution in [2.45, 2.75) is 24.0 Å². The highest BCUT2D eigenvalue weighted by atomic mass is 32.2. The predicted molar refractivity (Wildman–Crippen MR) is 94.3 cm³/mol. The number of benzene rings is 2. The summed E-state index contributed by atoms with van der Waals surface area (Å²) in [6, 6.07) is 6.28. The van der Waals surface area contributed by atoms with Crippen LogP contribution < -0.4 is 0 Å². The first-order valence-corrected chi connectivity index (χ1v) is 10.1. The lowest BCUT2D eigenvalue weighted by molar-refractivity contribution is -0.0425. The Morgan fingerprint density at radius 3 is 2.39 bits per heavy atom. The van der Waals surface area contributed by atoms with E-state index in [2.05, 4.69) is 0 Å². The SMILES string of the molecule is O=C(O)c1ccc(F)c(S(=O)(=O)CC2CC2Cc2cc(C(O)O)ccc2F)c1. The van der Waals surface area contributed by atoms with Crippen molar-refractivity contribution in [3.63, 3.8) is 0 Å². The Morgan fingerprint density at radius 1 is 1.07 bits per heavy atom. The van der Waals surface area contributed by atoms with E-state index in [1.165, 1.54) is 12.1 Å². The van der Waals surface area contributed by atoms with E-state index < -0.39 is 38.6 Å². The van der Waals surface area contributed by atoms with Crippen LogP contribution in [-0.2, 0) is 16.3 Å². The third-order valence-corrected chi connectivity index (χ3v) is 6.72. The molecule has 2 aromatic carbocycles. The first-order chi connectivity index (χ1) is 13.1. The Balaban J connectivity index is 1.72. The van der Waals surface area contributed by atoms with Crippen LogP contribution in [0.2, 0.25) is 0 Å². The topological polar surface area (TPSA) is 112 Å². The van der Waals surface area contributed by atoms with Gasteiger partial charge in [0.25, 0.3) is 0 Å². The Labute approximate surface area is 160 Å². The minimum absolute atomic E-state index is 0.133. The smallest absolute Gasteiger partial charge is 0.335 e. The standard InChI is InChI=1S/C19H18F2O6S/c20-15-3-1-10(18(22)23)5-13(15)6-12-7-14(12)9-28(26,27)17-8-11(19(24)25)2-4-16(17)21/h1-5,8,12,14,18,22-23H,6-7,9H2,(H,24,25). The molecule has 1 aliphatic rings. The van der Waals surface area contributed by atoms with Gasteiger partial charge in [0.1, 0.15) is 16.5 Å². The van der Waals surface area contributed by atoms with Gasteiger partial charge in [0.15, 0.2) is 16.1 Å². The first kappa shape index (κ1) is 20.4. The lowest BCUT2D eigenvalue weighted by atomic mass is 10.0. The monoisotopic (exact) mass is 412 g/mol. The average molecular weight is 412 g/mol. The van der Waals surface area contributed by atoms with E-state index in [1.54, 1.807) is 0 Å². The second-order valence-corrected chi connectivity index (χ2v) is 8.92. The fourth-order valence-electron chi connectivity index (χ4n) is 3.20. The van der Waals surface area contributed by atoms with E-state index in [4.69, 9.17) is 5.11 Å². The molecule has 1 aliphatic carbocycles. The van der Waals surface area contributed by atoms with Crippen molar-refractivity contribution in [3.05, 3.63) is 64.7 Å². The third-order valence-electron chi connectivity index (χ3n) is 4.87. The Morgan fingerprint density at radius 2 is 1.75 bits per heavy atom. The van der Waals surface area contributed by atoms with Gasteiger partial charge in [-0.05, 0) is 60.6 Å². The minimum Gasteiger partial charge on any atom is -0.478 e. The van der Waals surface area contributed by atoms with Gasteiger partial charge in [0.05, 0.1) is 11.3 Å². The lowest BCUT2D eigenvalue weighted by Gasteiger charge is -2.09. The highest BCUT2D eigenvalue weighted by molar-refractivity contribution is 7.91. The fourth-order valence-corrected chi connectivity index (χ4v) is 5.03. The first-order valence-electron chi connectivity index (χ1n) is 8.48. The highest BCUT2D eigenvalue weighted by Crippen LogP contribution is 2.43. The predicted octanol–water partition coefficient (Wildman–Crippen LogP) is 2.30. The van der Waals surface area contributed by atoms with Crippen molar-refractivity contribution >= 4 is 15.8 Å². The summed E-state index contributed by atoms with van der Waals surface area (Å²) in [5.41, 5.74) is 0.0529. The van der Waals surface area contributed by atoms with Crippen molar-refractivity contribution in [2.24, 2.45) is 11.8 Å². The summed E-state index contributed by atoms with van der Waals surface area (Å²) in [7, 11) is -4.05. The Bertz CT molecular complexity index is 1020. The van der Waals surface area contributed by atoms with E-state index >= 15 is 0 Å². The summed E-state index contributed by atoms with van der Waals surface area (Å²) in [6.45, 7) is 0. The molecule has 0 aromatic heterocycles. The van der Waals surface area contributed by atoms with Crippen molar-refractivity contribution in [2.75, 3.05) is 5.75 Å². The number of halogens is 2. The molecule has 2 unspecified atom stereocenters. The van der Waals surface area contributed by atoms with Gasteiger partial charge in [-0.3, -0.25) is 0 Å². The van der Waals surface area contributed by atoms with Gasteiger partial charge in [0, 0.05) is 5.56 Å². The summed E-state index contributed by atoms with van der Waals surface area (Å²) in [5.74, 6) is -3.75. The molecule has 3 N–H and O–H groups in total. The Kier molecular flexibility index (Phi) is 5.51. The van der Waals surface area contributed by atoms with Gasteiger partial charge in [-0.1, -0.05) is 6.07 Å². The summed E-state index contributed by atoms with van der Waals surface area (Å²) < 4.78 is 52.9.